The fourth-order valence-electron chi connectivity index (χ4n) is 1.85. The third kappa shape index (κ3) is 3.31. The van der Waals surface area contributed by atoms with E-state index in [1.165, 1.54) is 0 Å². The molecule has 1 unspecified atom stereocenters. The maximum absolute atomic E-state index is 10.0. The minimum atomic E-state index is -0.516. The molecule has 0 aliphatic heterocycles. The number of methoxy groups -OCH3 is 1. The number of hydrogen-bond acceptors (Lipinski definition) is 3. The molecule has 18 heavy (non-hydrogen) atoms. The van der Waals surface area contributed by atoms with Crippen LogP contribution in [0.15, 0.2) is 48.7 Å². The fraction of sp³-hybridized carbons (Fsp3) is 0.267. The molecule has 94 valence electrons. The van der Waals surface area contributed by atoms with Crippen LogP contribution in [-0.2, 0) is 6.42 Å². The van der Waals surface area contributed by atoms with Gasteiger partial charge in [-0.25, -0.2) is 0 Å². The molecule has 0 aliphatic rings. The summed E-state index contributed by atoms with van der Waals surface area (Å²) in [6.07, 6.45) is 2.64. The quantitative estimate of drug-likeness (QED) is 0.878. The summed E-state index contributed by atoms with van der Waals surface area (Å²) < 4.78 is 5.17. The van der Waals surface area contributed by atoms with Gasteiger partial charge in [0.1, 0.15) is 5.75 Å². The smallest absolute Gasteiger partial charge is 0.119 e. The number of ether oxygens (including phenoxy) is 1. The van der Waals surface area contributed by atoms with Gasteiger partial charge in [-0.05, 0) is 42.7 Å². The van der Waals surface area contributed by atoms with E-state index in [-0.39, 0.29) is 0 Å². The van der Waals surface area contributed by atoms with Crippen LogP contribution in [0.25, 0.3) is 0 Å². The van der Waals surface area contributed by atoms with Gasteiger partial charge in [0.15, 0.2) is 0 Å². The summed E-state index contributed by atoms with van der Waals surface area (Å²) in [7, 11) is 1.65. The van der Waals surface area contributed by atoms with E-state index >= 15 is 0 Å². The minimum absolute atomic E-state index is 0.516. The van der Waals surface area contributed by atoms with Crippen molar-refractivity contribution < 1.29 is 9.84 Å². The summed E-state index contributed by atoms with van der Waals surface area (Å²) >= 11 is 0. The highest BCUT2D eigenvalue weighted by atomic mass is 16.5. The normalized spacial score (nSPS) is 12.1. The second kappa shape index (κ2) is 6.17. The summed E-state index contributed by atoms with van der Waals surface area (Å²) in [5, 5.41) is 10.0. The number of nitrogens with zero attached hydrogens (tertiary/aromatic N) is 1. The average molecular weight is 243 g/mol. The van der Waals surface area contributed by atoms with Crippen LogP contribution in [0.5, 0.6) is 5.75 Å². The molecule has 3 nitrogen and oxygen atoms in total. The molecule has 0 spiro atoms. The van der Waals surface area contributed by atoms with Gasteiger partial charge in [0.25, 0.3) is 0 Å². The molecule has 0 fully saturated rings. The zero-order valence-electron chi connectivity index (χ0n) is 10.4. The lowest BCUT2D eigenvalue weighted by molar-refractivity contribution is 0.163. The van der Waals surface area contributed by atoms with E-state index in [9.17, 15) is 5.11 Å². The lowest BCUT2D eigenvalue weighted by atomic mass is 10.0. The molecule has 0 amide bonds. The van der Waals surface area contributed by atoms with Crippen molar-refractivity contribution in [2.45, 2.75) is 18.9 Å². The largest absolute Gasteiger partial charge is 0.497 e. The number of aliphatic hydroxyl groups excluding tert-OH is 1. The van der Waals surface area contributed by atoms with Crippen molar-refractivity contribution in [1.29, 1.82) is 0 Å². The minimum Gasteiger partial charge on any atom is -0.497 e. The Labute approximate surface area is 107 Å². The van der Waals surface area contributed by atoms with Crippen molar-refractivity contribution >= 4 is 0 Å². The Morgan fingerprint density at radius 2 is 2.11 bits per heavy atom. The zero-order valence-corrected chi connectivity index (χ0v) is 10.4. The van der Waals surface area contributed by atoms with E-state index in [0.717, 1.165) is 23.4 Å². The van der Waals surface area contributed by atoms with Crippen molar-refractivity contribution in [3.63, 3.8) is 0 Å². The lowest BCUT2D eigenvalue weighted by Crippen LogP contribution is -2.01. The molecular formula is C15H17NO2. The van der Waals surface area contributed by atoms with Crippen LogP contribution in [0.3, 0.4) is 0 Å². The van der Waals surface area contributed by atoms with E-state index in [4.69, 9.17) is 4.74 Å². The molecule has 1 heterocycles. The highest BCUT2D eigenvalue weighted by molar-refractivity contribution is 5.28. The fourth-order valence-corrected chi connectivity index (χ4v) is 1.85. The molecule has 1 N–H and O–H groups in total. The monoisotopic (exact) mass is 243 g/mol. The molecule has 2 aromatic rings. The number of hydrogen-bond donors (Lipinski definition) is 1. The molecule has 1 aromatic heterocycles. The summed E-state index contributed by atoms with van der Waals surface area (Å²) in [4.78, 5) is 4.15. The summed E-state index contributed by atoms with van der Waals surface area (Å²) in [5.74, 6) is 0.847. The SMILES string of the molecule is COc1cccc(CCC(O)c2ccccn2)c1. The Balaban J connectivity index is 1.95. The van der Waals surface area contributed by atoms with Crippen LogP contribution >= 0.6 is 0 Å². The molecule has 0 saturated heterocycles. The van der Waals surface area contributed by atoms with Crippen molar-refractivity contribution in [3.05, 3.63) is 59.9 Å². The maximum Gasteiger partial charge on any atom is 0.119 e. The standard InChI is InChI=1S/C15H17NO2/c1-18-13-6-4-5-12(11-13)8-9-15(17)14-7-2-3-10-16-14/h2-7,10-11,15,17H,8-9H2,1H3. The van der Waals surface area contributed by atoms with Crippen LogP contribution in [0.4, 0.5) is 0 Å². The van der Waals surface area contributed by atoms with Gasteiger partial charge < -0.3 is 9.84 Å². The first-order chi connectivity index (χ1) is 8.79. The molecule has 1 aromatic carbocycles. The molecule has 1 atom stereocenters. The van der Waals surface area contributed by atoms with Crippen LogP contribution in [0.2, 0.25) is 0 Å². The highest BCUT2D eigenvalue weighted by Crippen LogP contribution is 2.19. The topological polar surface area (TPSA) is 42.4 Å². The Morgan fingerprint density at radius 1 is 1.22 bits per heavy atom. The number of aromatic nitrogens is 1. The second-order valence-corrected chi connectivity index (χ2v) is 4.16. The molecule has 0 bridgehead atoms. The van der Waals surface area contributed by atoms with Crippen molar-refractivity contribution in [3.8, 4) is 5.75 Å². The van der Waals surface area contributed by atoms with Crippen molar-refractivity contribution in [1.82, 2.24) is 4.98 Å². The molecule has 3 heteroatoms. The average Bonchev–Trinajstić information content (AvgIpc) is 2.46. The van der Waals surface area contributed by atoms with Gasteiger partial charge in [0.2, 0.25) is 0 Å². The number of aryl methyl sites for hydroxylation is 1. The summed E-state index contributed by atoms with van der Waals surface area (Å²) in [6, 6.07) is 13.5. The van der Waals surface area contributed by atoms with Crippen molar-refractivity contribution in [2.75, 3.05) is 7.11 Å². The predicted molar refractivity (Wildman–Crippen MR) is 70.5 cm³/mol. The number of aliphatic hydroxyl groups is 1. The van der Waals surface area contributed by atoms with E-state index in [1.807, 2.05) is 42.5 Å². The zero-order chi connectivity index (χ0) is 12.8. The van der Waals surface area contributed by atoms with Gasteiger partial charge in [0, 0.05) is 6.20 Å². The number of rotatable bonds is 5. The number of pyridine rings is 1. The first kappa shape index (κ1) is 12.6. The Bertz CT molecular complexity index is 485. The lowest BCUT2D eigenvalue weighted by Gasteiger charge is -2.10. The van der Waals surface area contributed by atoms with Crippen LogP contribution in [-0.4, -0.2) is 17.2 Å². The number of benzene rings is 1. The van der Waals surface area contributed by atoms with Gasteiger partial charge in [0.05, 0.1) is 18.9 Å². The Kier molecular flexibility index (Phi) is 4.31. The molecule has 0 radical (unpaired) electrons. The summed E-state index contributed by atoms with van der Waals surface area (Å²) in [5.41, 5.74) is 1.88. The second-order valence-electron chi connectivity index (χ2n) is 4.16. The van der Waals surface area contributed by atoms with Gasteiger partial charge in [-0.3, -0.25) is 4.98 Å². The molecule has 0 saturated carbocycles. The van der Waals surface area contributed by atoms with Crippen LogP contribution in [0.1, 0.15) is 23.8 Å². The van der Waals surface area contributed by atoms with Crippen molar-refractivity contribution in [2.24, 2.45) is 0 Å². The first-order valence-electron chi connectivity index (χ1n) is 6.01. The third-order valence-electron chi connectivity index (χ3n) is 2.87. The van der Waals surface area contributed by atoms with Gasteiger partial charge in [-0.15, -0.1) is 0 Å². The van der Waals surface area contributed by atoms with Gasteiger partial charge >= 0.3 is 0 Å². The van der Waals surface area contributed by atoms with Gasteiger partial charge in [-0.2, -0.15) is 0 Å². The molecular weight excluding hydrogens is 226 g/mol. The molecule has 2 rings (SSSR count). The third-order valence-corrected chi connectivity index (χ3v) is 2.87. The van der Waals surface area contributed by atoms with Crippen LogP contribution in [0, 0.1) is 0 Å². The predicted octanol–water partition coefficient (Wildman–Crippen LogP) is 2.76. The highest BCUT2D eigenvalue weighted by Gasteiger charge is 2.08. The maximum atomic E-state index is 10.0. The Morgan fingerprint density at radius 3 is 2.83 bits per heavy atom. The van der Waals surface area contributed by atoms with Crippen LogP contribution < -0.4 is 4.74 Å². The van der Waals surface area contributed by atoms with E-state index in [1.54, 1.807) is 13.3 Å². The van der Waals surface area contributed by atoms with Gasteiger partial charge in [-0.1, -0.05) is 18.2 Å². The van der Waals surface area contributed by atoms with E-state index in [0.29, 0.717) is 6.42 Å². The Hall–Kier alpha value is -1.87. The molecule has 0 aliphatic carbocycles. The first-order valence-corrected chi connectivity index (χ1v) is 6.01. The van der Waals surface area contributed by atoms with E-state index in [2.05, 4.69) is 4.98 Å². The van der Waals surface area contributed by atoms with E-state index < -0.39 is 6.10 Å². The summed E-state index contributed by atoms with van der Waals surface area (Å²) in [6.45, 7) is 0.